The van der Waals surface area contributed by atoms with Gasteiger partial charge in [-0.3, -0.25) is 28.5 Å². The number of carbonyl (C=O) groups excluding carboxylic acids is 3. The summed E-state index contributed by atoms with van der Waals surface area (Å²) in [6.07, 6.45) is 2.90. The lowest BCUT2D eigenvalue weighted by atomic mass is 10.1. The highest BCUT2D eigenvalue weighted by atomic mass is 32.2. The summed E-state index contributed by atoms with van der Waals surface area (Å²) in [5.41, 5.74) is 0.920. The lowest BCUT2D eigenvalue weighted by Crippen LogP contribution is -2.57. The van der Waals surface area contributed by atoms with Gasteiger partial charge in [0.25, 0.3) is 11.5 Å². The summed E-state index contributed by atoms with van der Waals surface area (Å²) in [6, 6.07) is 2.59. The lowest BCUT2D eigenvalue weighted by Gasteiger charge is -2.36. The Morgan fingerprint density at radius 3 is 2.81 bits per heavy atom. The fraction of sp³-hybridized carbons (Fsp3) is 0.391. The molecule has 11 nitrogen and oxygen atoms in total. The molecule has 36 heavy (non-hydrogen) atoms. The number of fused-ring (bicyclic) bond motifs is 1. The summed E-state index contributed by atoms with van der Waals surface area (Å²) < 4.78 is 11.6. The van der Waals surface area contributed by atoms with Gasteiger partial charge in [0.2, 0.25) is 5.91 Å². The van der Waals surface area contributed by atoms with E-state index in [1.165, 1.54) is 29.6 Å². The highest BCUT2D eigenvalue weighted by molar-refractivity contribution is 8.26. The molecular formula is C23H25N5O6S2. The van der Waals surface area contributed by atoms with Crippen LogP contribution in [-0.2, 0) is 23.9 Å². The van der Waals surface area contributed by atoms with Crippen molar-refractivity contribution in [3.8, 4) is 0 Å². The Labute approximate surface area is 216 Å². The number of nitrogens with zero attached hydrogens (tertiary/aromatic N) is 4. The molecule has 13 heteroatoms. The third kappa shape index (κ3) is 4.99. The summed E-state index contributed by atoms with van der Waals surface area (Å²) in [6.45, 7) is 3.04. The lowest BCUT2D eigenvalue weighted by molar-refractivity contribution is -0.143. The molecule has 2 aromatic rings. The molecule has 2 aliphatic rings. The predicted octanol–water partition coefficient (Wildman–Crippen LogP) is 0.718. The molecule has 2 aliphatic heterocycles. The number of rotatable bonds is 7. The van der Waals surface area contributed by atoms with Gasteiger partial charge in [0.1, 0.15) is 21.8 Å². The van der Waals surface area contributed by atoms with Crippen molar-refractivity contribution in [2.75, 3.05) is 45.4 Å². The van der Waals surface area contributed by atoms with Gasteiger partial charge in [-0.05, 0) is 24.6 Å². The van der Waals surface area contributed by atoms with E-state index in [9.17, 15) is 19.2 Å². The normalized spacial score (nSPS) is 19.4. The fourth-order valence-electron chi connectivity index (χ4n) is 4.01. The first-order valence-electron chi connectivity index (χ1n) is 11.1. The van der Waals surface area contributed by atoms with Crippen LogP contribution in [0.3, 0.4) is 0 Å². The molecule has 0 bridgehead atoms. The van der Waals surface area contributed by atoms with Crippen molar-refractivity contribution >= 4 is 63.6 Å². The maximum Gasteiger partial charge on any atom is 0.308 e. The average molecular weight is 532 g/mol. The van der Waals surface area contributed by atoms with E-state index in [0.717, 1.165) is 17.3 Å². The van der Waals surface area contributed by atoms with Crippen LogP contribution in [0.4, 0.5) is 5.82 Å². The molecule has 0 radical (unpaired) electrons. The second-order valence-corrected chi connectivity index (χ2v) is 9.87. The van der Waals surface area contributed by atoms with Gasteiger partial charge in [0.05, 0.1) is 37.2 Å². The largest absolute Gasteiger partial charge is 0.469 e. The highest BCUT2D eigenvalue weighted by Gasteiger charge is 2.36. The van der Waals surface area contributed by atoms with Crippen molar-refractivity contribution in [3.05, 3.63) is 44.7 Å². The van der Waals surface area contributed by atoms with Crippen molar-refractivity contribution in [1.82, 2.24) is 19.6 Å². The van der Waals surface area contributed by atoms with Crippen molar-refractivity contribution in [1.29, 1.82) is 0 Å². The van der Waals surface area contributed by atoms with Gasteiger partial charge in [0, 0.05) is 26.4 Å². The fourth-order valence-corrected chi connectivity index (χ4v) is 5.30. The number of amides is 2. The molecule has 2 amide bonds. The van der Waals surface area contributed by atoms with Gasteiger partial charge in [0.15, 0.2) is 0 Å². The van der Waals surface area contributed by atoms with Gasteiger partial charge in [-0.2, -0.15) is 0 Å². The number of carbonyl (C=O) groups is 3. The second-order valence-electron chi connectivity index (χ2n) is 8.20. The number of piperazine rings is 1. The van der Waals surface area contributed by atoms with Gasteiger partial charge in [-0.25, -0.2) is 4.98 Å². The maximum atomic E-state index is 13.7. The first kappa shape index (κ1) is 25.8. The number of esters is 1. The van der Waals surface area contributed by atoms with Crippen LogP contribution in [0.5, 0.6) is 0 Å². The monoisotopic (exact) mass is 531 g/mol. The summed E-state index contributed by atoms with van der Waals surface area (Å²) in [5, 5.41) is 2.74. The number of ether oxygens (including phenoxy) is 2. The van der Waals surface area contributed by atoms with Gasteiger partial charge in [-0.1, -0.05) is 30.0 Å². The third-order valence-electron chi connectivity index (χ3n) is 5.84. The van der Waals surface area contributed by atoms with Crippen molar-refractivity contribution in [2.24, 2.45) is 0 Å². The molecule has 4 rings (SSSR count). The molecule has 190 valence electrons. The molecule has 2 saturated heterocycles. The van der Waals surface area contributed by atoms with Crippen LogP contribution in [0.2, 0.25) is 0 Å². The van der Waals surface area contributed by atoms with Gasteiger partial charge >= 0.3 is 5.97 Å². The average Bonchev–Trinajstić information content (AvgIpc) is 3.12. The van der Waals surface area contributed by atoms with Crippen LogP contribution in [0.25, 0.3) is 11.7 Å². The number of hydrogen-bond acceptors (Lipinski definition) is 10. The van der Waals surface area contributed by atoms with E-state index in [1.807, 2.05) is 13.0 Å². The van der Waals surface area contributed by atoms with E-state index >= 15 is 0 Å². The van der Waals surface area contributed by atoms with Crippen LogP contribution in [0.1, 0.15) is 17.5 Å². The molecule has 4 heterocycles. The molecule has 0 saturated carbocycles. The summed E-state index contributed by atoms with van der Waals surface area (Å²) in [7, 11) is 2.77. The number of pyridine rings is 1. The Bertz CT molecular complexity index is 1340. The van der Waals surface area contributed by atoms with Crippen LogP contribution in [0.15, 0.2) is 28.0 Å². The SMILES string of the molecule is COCCN1C(=O)C(=Cc2c(N3CCNC(=O)C3CC(=O)OC)nc3ccc(C)cn3c2=O)SC1=S. The minimum Gasteiger partial charge on any atom is -0.469 e. The number of methoxy groups -OCH3 is 2. The van der Waals surface area contributed by atoms with E-state index in [0.29, 0.717) is 29.7 Å². The number of thiocarbonyl (C=S) groups is 1. The van der Waals surface area contributed by atoms with E-state index in [1.54, 1.807) is 17.2 Å². The Balaban J connectivity index is 1.88. The van der Waals surface area contributed by atoms with Gasteiger partial charge < -0.3 is 19.7 Å². The Hall–Kier alpha value is -3.29. The highest BCUT2D eigenvalue weighted by Crippen LogP contribution is 2.34. The van der Waals surface area contributed by atoms with Crippen LogP contribution < -0.4 is 15.8 Å². The number of thioether (sulfide) groups is 1. The molecule has 2 fully saturated rings. The Morgan fingerprint density at radius 2 is 2.08 bits per heavy atom. The second kappa shape index (κ2) is 10.8. The number of anilines is 1. The maximum absolute atomic E-state index is 13.7. The molecule has 0 aromatic carbocycles. The first-order valence-corrected chi connectivity index (χ1v) is 12.4. The van der Waals surface area contributed by atoms with Crippen molar-refractivity contribution < 1.29 is 23.9 Å². The summed E-state index contributed by atoms with van der Waals surface area (Å²) in [4.78, 5) is 59.6. The smallest absolute Gasteiger partial charge is 0.308 e. The van der Waals surface area contributed by atoms with Crippen molar-refractivity contribution in [3.63, 3.8) is 0 Å². The van der Waals surface area contributed by atoms with E-state index in [-0.39, 0.29) is 41.1 Å². The van der Waals surface area contributed by atoms with E-state index < -0.39 is 17.6 Å². The topological polar surface area (TPSA) is 123 Å². The third-order valence-corrected chi connectivity index (χ3v) is 7.22. The molecule has 0 aliphatic carbocycles. The van der Waals surface area contributed by atoms with E-state index in [4.69, 9.17) is 26.7 Å². The zero-order chi connectivity index (χ0) is 26.0. The minimum atomic E-state index is -0.936. The standard InChI is InChI=1S/C23H25N5O6S2/c1-13-4-5-17-25-19(26-7-6-24-20(30)15(26)11-18(29)34-3)14(21(31)28(17)12-13)10-16-22(32)27(8-9-33-2)23(35)36-16/h4-5,10,12,15H,6-9,11H2,1-3H3,(H,24,30). The number of aryl methyl sites for hydroxylation is 1. The van der Waals surface area contributed by atoms with Crippen molar-refractivity contribution in [2.45, 2.75) is 19.4 Å². The molecule has 1 N–H and O–H groups in total. The van der Waals surface area contributed by atoms with Crippen LogP contribution in [-0.4, -0.2) is 82.9 Å². The van der Waals surface area contributed by atoms with E-state index in [2.05, 4.69) is 5.32 Å². The Kier molecular flexibility index (Phi) is 7.71. The molecule has 1 atom stereocenters. The van der Waals surface area contributed by atoms with Crippen LogP contribution in [0, 0.1) is 6.92 Å². The molecular weight excluding hydrogens is 506 g/mol. The summed E-state index contributed by atoms with van der Waals surface area (Å²) in [5.74, 6) is -1.09. The van der Waals surface area contributed by atoms with Crippen LogP contribution >= 0.6 is 24.0 Å². The predicted molar refractivity (Wildman–Crippen MR) is 139 cm³/mol. The van der Waals surface area contributed by atoms with Gasteiger partial charge in [-0.15, -0.1) is 0 Å². The molecule has 0 spiro atoms. The minimum absolute atomic E-state index is 0.120. The number of aromatic nitrogens is 2. The number of nitrogens with one attached hydrogen (secondary N) is 1. The first-order chi connectivity index (χ1) is 17.2. The quantitative estimate of drug-likeness (QED) is 0.311. The number of hydrogen-bond donors (Lipinski definition) is 1. The molecule has 1 unspecified atom stereocenters. The zero-order valence-electron chi connectivity index (χ0n) is 20.0. The Morgan fingerprint density at radius 1 is 1.31 bits per heavy atom. The zero-order valence-corrected chi connectivity index (χ0v) is 21.6. The summed E-state index contributed by atoms with van der Waals surface area (Å²) >= 11 is 6.44. The molecule has 2 aromatic heterocycles.